The van der Waals surface area contributed by atoms with E-state index in [1.54, 1.807) is 36.3 Å². The van der Waals surface area contributed by atoms with Gasteiger partial charge in [0.2, 0.25) is 0 Å². The summed E-state index contributed by atoms with van der Waals surface area (Å²) in [6, 6.07) is 7.05. The van der Waals surface area contributed by atoms with E-state index in [4.69, 9.17) is 10.5 Å². The van der Waals surface area contributed by atoms with Crippen LogP contribution < -0.4 is 15.8 Å². The van der Waals surface area contributed by atoms with E-state index in [0.717, 1.165) is 0 Å². The number of nitrogen functional groups attached to an aromatic ring is 1. The van der Waals surface area contributed by atoms with Gasteiger partial charge in [0.15, 0.2) is 12.4 Å². The van der Waals surface area contributed by atoms with Gasteiger partial charge in [-0.1, -0.05) is 12.1 Å². The molecule has 7 nitrogen and oxygen atoms in total. The average Bonchev–Trinajstić information content (AvgIpc) is 2.83. The molecule has 2 aromatic rings. The van der Waals surface area contributed by atoms with E-state index in [1.807, 2.05) is 6.07 Å². The topological polar surface area (TPSA) is 95.1 Å². The molecule has 0 aliphatic rings. The smallest absolute Gasteiger partial charge is 0.257 e. The number of aromatic nitrogens is 3. The third-order valence-corrected chi connectivity index (χ3v) is 2.60. The first-order valence-corrected chi connectivity index (χ1v) is 6.23. The predicted molar refractivity (Wildman–Crippen MR) is 74.1 cm³/mol. The summed E-state index contributed by atoms with van der Waals surface area (Å²) in [6.07, 6.45) is 2.21. The number of amides is 1. The molecular weight excluding hydrogens is 258 g/mol. The number of carbonyl (C=O) groups is 1. The molecule has 0 atom stereocenters. The Morgan fingerprint density at radius 3 is 2.95 bits per heavy atom. The van der Waals surface area contributed by atoms with E-state index < -0.39 is 0 Å². The Bertz CT molecular complexity index is 582. The fraction of sp³-hybridized carbons (Fsp3) is 0.308. The number of nitrogens with zero attached hydrogens (tertiary/aromatic N) is 3. The molecule has 1 aromatic heterocycles. The molecule has 3 N–H and O–H groups in total. The minimum atomic E-state index is -0.204. The third-order valence-electron chi connectivity index (χ3n) is 2.60. The molecule has 0 saturated carbocycles. The van der Waals surface area contributed by atoms with Crippen molar-refractivity contribution in [1.29, 1.82) is 0 Å². The van der Waals surface area contributed by atoms with Gasteiger partial charge in [0.05, 0.1) is 5.69 Å². The average molecular weight is 275 g/mol. The van der Waals surface area contributed by atoms with Crippen molar-refractivity contribution in [2.24, 2.45) is 7.05 Å². The first-order chi connectivity index (χ1) is 9.65. The maximum Gasteiger partial charge on any atom is 0.257 e. The lowest BCUT2D eigenvalue weighted by atomic mass is 10.3. The van der Waals surface area contributed by atoms with Gasteiger partial charge in [0, 0.05) is 20.0 Å². The Morgan fingerprint density at radius 2 is 2.25 bits per heavy atom. The Morgan fingerprint density at radius 1 is 1.45 bits per heavy atom. The highest BCUT2D eigenvalue weighted by molar-refractivity contribution is 5.77. The number of ether oxygens (including phenoxy) is 1. The van der Waals surface area contributed by atoms with E-state index in [2.05, 4.69) is 15.4 Å². The lowest BCUT2D eigenvalue weighted by Gasteiger charge is -2.08. The van der Waals surface area contributed by atoms with E-state index in [-0.39, 0.29) is 12.5 Å². The van der Waals surface area contributed by atoms with E-state index in [1.165, 1.54) is 0 Å². The Hall–Kier alpha value is -2.57. The van der Waals surface area contributed by atoms with Crippen molar-refractivity contribution in [3.8, 4) is 5.75 Å². The Kier molecular flexibility index (Phi) is 4.54. The van der Waals surface area contributed by atoms with Gasteiger partial charge in [-0.3, -0.25) is 9.48 Å². The van der Waals surface area contributed by atoms with E-state index in [9.17, 15) is 4.79 Å². The molecule has 0 saturated heterocycles. The number of anilines is 1. The molecule has 106 valence electrons. The van der Waals surface area contributed by atoms with Gasteiger partial charge >= 0.3 is 0 Å². The minimum absolute atomic E-state index is 0.0656. The first-order valence-electron chi connectivity index (χ1n) is 6.23. The monoisotopic (exact) mass is 275 g/mol. The number of carbonyl (C=O) groups excluding carboxylic acids is 1. The van der Waals surface area contributed by atoms with Crippen LogP contribution in [0, 0.1) is 0 Å². The molecule has 0 bridgehead atoms. The summed E-state index contributed by atoms with van der Waals surface area (Å²) in [5.74, 6) is 0.999. The summed E-state index contributed by atoms with van der Waals surface area (Å²) in [5, 5.41) is 6.86. The van der Waals surface area contributed by atoms with Gasteiger partial charge in [0.1, 0.15) is 12.1 Å². The molecule has 0 unspecified atom stereocenters. The van der Waals surface area contributed by atoms with Gasteiger partial charge in [0.25, 0.3) is 5.91 Å². The van der Waals surface area contributed by atoms with Crippen LogP contribution in [-0.2, 0) is 18.3 Å². The quantitative estimate of drug-likeness (QED) is 0.731. The normalized spacial score (nSPS) is 10.2. The molecule has 1 aromatic carbocycles. The molecule has 7 heteroatoms. The largest absolute Gasteiger partial charge is 0.482 e. The maximum absolute atomic E-state index is 11.6. The molecule has 1 amide bonds. The lowest BCUT2D eigenvalue weighted by molar-refractivity contribution is -0.123. The van der Waals surface area contributed by atoms with Crippen LogP contribution in [0.3, 0.4) is 0 Å². The van der Waals surface area contributed by atoms with Crippen LogP contribution in [0.2, 0.25) is 0 Å². The molecule has 0 aliphatic heterocycles. The minimum Gasteiger partial charge on any atom is -0.482 e. The fourth-order valence-electron chi connectivity index (χ4n) is 1.62. The first kappa shape index (κ1) is 13.9. The molecule has 1 heterocycles. The fourth-order valence-corrected chi connectivity index (χ4v) is 1.62. The standard InChI is InChI=1S/C13H17N5O2/c1-18-9-16-12(17-18)6-7-15-13(19)8-20-11-5-3-2-4-10(11)14/h2-5,9H,6-8,14H2,1H3,(H,15,19). The molecule has 0 spiro atoms. The molecule has 0 radical (unpaired) electrons. The summed E-state index contributed by atoms with van der Waals surface area (Å²) in [4.78, 5) is 15.7. The molecule has 20 heavy (non-hydrogen) atoms. The predicted octanol–water partition coefficient (Wildman–Crippen LogP) is 0.135. The number of hydrogen-bond acceptors (Lipinski definition) is 5. The lowest BCUT2D eigenvalue weighted by Crippen LogP contribution is -2.30. The maximum atomic E-state index is 11.6. The summed E-state index contributed by atoms with van der Waals surface area (Å²) < 4.78 is 6.96. The zero-order valence-corrected chi connectivity index (χ0v) is 11.2. The number of nitrogens with two attached hydrogens (primary N) is 1. The zero-order valence-electron chi connectivity index (χ0n) is 11.2. The number of benzene rings is 1. The van der Waals surface area contributed by atoms with Crippen LogP contribution >= 0.6 is 0 Å². The number of rotatable bonds is 6. The molecule has 2 rings (SSSR count). The Labute approximate surface area is 116 Å². The molecule has 0 fully saturated rings. The van der Waals surface area contributed by atoms with Gasteiger partial charge in [-0.05, 0) is 12.1 Å². The van der Waals surface area contributed by atoms with Crippen molar-refractivity contribution in [3.05, 3.63) is 36.4 Å². The zero-order chi connectivity index (χ0) is 14.4. The van der Waals surface area contributed by atoms with Gasteiger partial charge < -0.3 is 15.8 Å². The molecule has 0 aliphatic carbocycles. The van der Waals surface area contributed by atoms with Crippen LogP contribution in [0.4, 0.5) is 5.69 Å². The van der Waals surface area contributed by atoms with Crippen molar-refractivity contribution in [2.75, 3.05) is 18.9 Å². The number of nitrogens with one attached hydrogen (secondary N) is 1. The SMILES string of the molecule is Cn1cnc(CCNC(=O)COc2ccccc2N)n1. The summed E-state index contributed by atoms with van der Waals surface area (Å²) >= 11 is 0. The second-order valence-corrected chi connectivity index (χ2v) is 4.26. The van der Waals surface area contributed by atoms with Crippen LogP contribution in [-0.4, -0.2) is 33.8 Å². The van der Waals surface area contributed by atoms with Crippen LogP contribution in [0.25, 0.3) is 0 Å². The third kappa shape index (κ3) is 3.98. The van der Waals surface area contributed by atoms with Crippen LogP contribution in [0.5, 0.6) is 5.75 Å². The molecular formula is C13H17N5O2. The number of aryl methyl sites for hydroxylation is 1. The summed E-state index contributed by atoms with van der Waals surface area (Å²) in [5.41, 5.74) is 6.22. The second kappa shape index (κ2) is 6.55. The van der Waals surface area contributed by atoms with Crippen molar-refractivity contribution in [3.63, 3.8) is 0 Å². The van der Waals surface area contributed by atoms with Crippen molar-refractivity contribution in [1.82, 2.24) is 20.1 Å². The summed E-state index contributed by atoms with van der Waals surface area (Å²) in [7, 11) is 1.80. The van der Waals surface area contributed by atoms with Gasteiger partial charge in [-0.25, -0.2) is 4.98 Å². The van der Waals surface area contributed by atoms with Crippen molar-refractivity contribution in [2.45, 2.75) is 6.42 Å². The van der Waals surface area contributed by atoms with Crippen LogP contribution in [0.1, 0.15) is 5.82 Å². The highest BCUT2D eigenvalue weighted by Crippen LogP contribution is 2.19. The summed E-state index contributed by atoms with van der Waals surface area (Å²) in [6.45, 7) is 0.403. The van der Waals surface area contributed by atoms with E-state index >= 15 is 0 Å². The van der Waals surface area contributed by atoms with Crippen molar-refractivity contribution < 1.29 is 9.53 Å². The number of hydrogen-bond donors (Lipinski definition) is 2. The number of para-hydroxylation sites is 2. The van der Waals surface area contributed by atoms with Gasteiger partial charge in [-0.2, -0.15) is 5.10 Å². The Balaban J connectivity index is 1.69. The van der Waals surface area contributed by atoms with E-state index in [0.29, 0.717) is 30.2 Å². The highest BCUT2D eigenvalue weighted by Gasteiger charge is 2.05. The van der Waals surface area contributed by atoms with Crippen LogP contribution in [0.15, 0.2) is 30.6 Å². The highest BCUT2D eigenvalue weighted by atomic mass is 16.5. The van der Waals surface area contributed by atoms with Crippen molar-refractivity contribution >= 4 is 11.6 Å². The van der Waals surface area contributed by atoms with Gasteiger partial charge in [-0.15, -0.1) is 0 Å². The second-order valence-electron chi connectivity index (χ2n) is 4.26.